The maximum absolute atomic E-state index is 12.3. The normalized spacial score (nSPS) is 11.0. The van der Waals surface area contributed by atoms with Gasteiger partial charge in [0.05, 0.1) is 17.3 Å². The molecular weight excluding hydrogens is 308 g/mol. The summed E-state index contributed by atoms with van der Waals surface area (Å²) in [4.78, 5) is 16.8. The van der Waals surface area contributed by atoms with Crippen molar-refractivity contribution in [3.8, 4) is 5.75 Å². The molecule has 3 rings (SSSR count). The Morgan fingerprint density at radius 1 is 1.17 bits per heavy atom. The fourth-order valence-corrected chi connectivity index (χ4v) is 3.16. The molecule has 1 heterocycles. The summed E-state index contributed by atoms with van der Waals surface area (Å²) in [6.45, 7) is 4.26. The van der Waals surface area contributed by atoms with Crippen LogP contribution in [0.4, 0.5) is 5.13 Å². The Hall–Kier alpha value is -2.40. The third-order valence-electron chi connectivity index (χ3n) is 3.66. The highest BCUT2D eigenvalue weighted by Crippen LogP contribution is 2.29. The third kappa shape index (κ3) is 3.35. The SMILES string of the molecule is COc1ccc2nc(NC(=O)c3ccc(C(C)C)cc3)sc2c1. The minimum Gasteiger partial charge on any atom is -0.497 e. The van der Waals surface area contributed by atoms with E-state index in [1.54, 1.807) is 7.11 Å². The van der Waals surface area contributed by atoms with E-state index < -0.39 is 0 Å². The lowest BCUT2D eigenvalue weighted by Gasteiger charge is -2.06. The Bertz CT molecular complexity index is 838. The minimum absolute atomic E-state index is 0.147. The molecule has 1 amide bonds. The highest BCUT2D eigenvalue weighted by molar-refractivity contribution is 7.22. The monoisotopic (exact) mass is 326 g/mol. The molecule has 0 saturated carbocycles. The van der Waals surface area contributed by atoms with Crippen molar-refractivity contribution >= 4 is 32.6 Å². The number of amides is 1. The zero-order chi connectivity index (χ0) is 16.4. The van der Waals surface area contributed by atoms with Gasteiger partial charge in [-0.05, 0) is 41.8 Å². The molecule has 0 spiro atoms. The van der Waals surface area contributed by atoms with Gasteiger partial charge in [0.25, 0.3) is 5.91 Å². The van der Waals surface area contributed by atoms with Crippen molar-refractivity contribution in [3.05, 3.63) is 53.6 Å². The summed E-state index contributed by atoms with van der Waals surface area (Å²) in [6.07, 6.45) is 0. The lowest BCUT2D eigenvalue weighted by Crippen LogP contribution is -2.11. The average molecular weight is 326 g/mol. The molecule has 0 aliphatic rings. The Morgan fingerprint density at radius 2 is 1.91 bits per heavy atom. The van der Waals surface area contributed by atoms with E-state index in [1.165, 1.54) is 16.9 Å². The van der Waals surface area contributed by atoms with E-state index in [9.17, 15) is 4.79 Å². The number of nitrogens with one attached hydrogen (secondary N) is 1. The second-order valence-electron chi connectivity index (χ2n) is 5.58. The number of hydrogen-bond acceptors (Lipinski definition) is 4. The standard InChI is InChI=1S/C18H18N2O2S/c1-11(2)12-4-6-13(7-5-12)17(21)20-18-19-15-9-8-14(22-3)10-16(15)23-18/h4-11H,1-3H3,(H,19,20,21). The van der Waals surface area contributed by atoms with E-state index in [4.69, 9.17) is 4.74 Å². The van der Waals surface area contributed by atoms with Gasteiger partial charge in [0.15, 0.2) is 5.13 Å². The summed E-state index contributed by atoms with van der Waals surface area (Å²) in [5.74, 6) is 1.08. The maximum Gasteiger partial charge on any atom is 0.257 e. The quantitative estimate of drug-likeness (QED) is 0.757. The van der Waals surface area contributed by atoms with Crippen LogP contribution >= 0.6 is 11.3 Å². The molecule has 0 aliphatic heterocycles. The van der Waals surface area contributed by atoms with E-state index in [1.807, 2.05) is 42.5 Å². The molecule has 0 fully saturated rings. The van der Waals surface area contributed by atoms with Gasteiger partial charge < -0.3 is 4.74 Å². The molecule has 5 heteroatoms. The predicted molar refractivity (Wildman–Crippen MR) is 94.7 cm³/mol. The van der Waals surface area contributed by atoms with E-state index in [-0.39, 0.29) is 5.91 Å². The molecule has 0 atom stereocenters. The number of ether oxygens (including phenoxy) is 1. The summed E-state index contributed by atoms with van der Waals surface area (Å²) in [5, 5.41) is 3.45. The van der Waals surface area contributed by atoms with Crippen LogP contribution in [0.25, 0.3) is 10.2 Å². The number of benzene rings is 2. The Kier molecular flexibility index (Phi) is 4.30. The summed E-state index contributed by atoms with van der Waals surface area (Å²) in [5.41, 5.74) is 2.70. The van der Waals surface area contributed by atoms with E-state index in [0.29, 0.717) is 16.6 Å². The highest BCUT2D eigenvalue weighted by Gasteiger charge is 2.11. The van der Waals surface area contributed by atoms with Gasteiger partial charge in [0.2, 0.25) is 0 Å². The van der Waals surface area contributed by atoms with Crippen LogP contribution in [-0.4, -0.2) is 18.0 Å². The van der Waals surface area contributed by atoms with Crippen LogP contribution in [0.3, 0.4) is 0 Å². The topological polar surface area (TPSA) is 51.2 Å². The van der Waals surface area contributed by atoms with Crippen LogP contribution in [0, 0.1) is 0 Å². The molecule has 0 bridgehead atoms. The van der Waals surface area contributed by atoms with Crippen LogP contribution < -0.4 is 10.1 Å². The molecule has 3 aromatic rings. The van der Waals surface area contributed by atoms with Crippen molar-refractivity contribution in [2.75, 3.05) is 12.4 Å². The first-order valence-corrected chi connectivity index (χ1v) is 8.24. The number of fused-ring (bicyclic) bond motifs is 1. The van der Waals surface area contributed by atoms with Crippen molar-refractivity contribution in [2.45, 2.75) is 19.8 Å². The molecule has 4 nitrogen and oxygen atoms in total. The fourth-order valence-electron chi connectivity index (χ4n) is 2.27. The molecule has 1 N–H and O–H groups in total. The molecule has 118 valence electrons. The third-order valence-corrected chi connectivity index (χ3v) is 4.59. The number of carbonyl (C=O) groups excluding carboxylic acids is 1. The number of carbonyl (C=O) groups is 1. The van der Waals surface area contributed by atoms with Gasteiger partial charge in [0, 0.05) is 5.56 Å². The van der Waals surface area contributed by atoms with Gasteiger partial charge in [-0.1, -0.05) is 37.3 Å². The van der Waals surface area contributed by atoms with E-state index >= 15 is 0 Å². The molecule has 23 heavy (non-hydrogen) atoms. The van der Waals surface area contributed by atoms with Gasteiger partial charge in [-0.25, -0.2) is 4.98 Å². The lowest BCUT2D eigenvalue weighted by atomic mass is 10.0. The number of anilines is 1. The van der Waals surface area contributed by atoms with Crippen LogP contribution in [0.1, 0.15) is 35.7 Å². The number of thiazole rings is 1. The smallest absolute Gasteiger partial charge is 0.257 e. The largest absolute Gasteiger partial charge is 0.497 e. The maximum atomic E-state index is 12.3. The minimum atomic E-state index is -0.147. The Balaban J connectivity index is 1.79. The Labute approximate surface area is 139 Å². The molecule has 0 unspecified atom stereocenters. The van der Waals surface area contributed by atoms with Gasteiger partial charge >= 0.3 is 0 Å². The number of hydrogen-bond donors (Lipinski definition) is 1. The predicted octanol–water partition coefficient (Wildman–Crippen LogP) is 4.68. The van der Waals surface area contributed by atoms with Crippen LogP contribution in [-0.2, 0) is 0 Å². The Morgan fingerprint density at radius 3 is 2.57 bits per heavy atom. The molecule has 0 saturated heterocycles. The van der Waals surface area contributed by atoms with Gasteiger partial charge in [0.1, 0.15) is 5.75 Å². The van der Waals surface area contributed by atoms with E-state index in [0.717, 1.165) is 16.0 Å². The van der Waals surface area contributed by atoms with Crippen molar-refractivity contribution < 1.29 is 9.53 Å². The van der Waals surface area contributed by atoms with E-state index in [2.05, 4.69) is 24.1 Å². The van der Waals surface area contributed by atoms with Gasteiger partial charge in [-0.3, -0.25) is 10.1 Å². The molecule has 1 aromatic heterocycles. The fraction of sp³-hybridized carbons (Fsp3) is 0.222. The number of aromatic nitrogens is 1. The number of methoxy groups -OCH3 is 1. The van der Waals surface area contributed by atoms with Gasteiger partial charge in [-0.2, -0.15) is 0 Å². The second-order valence-corrected chi connectivity index (χ2v) is 6.61. The number of nitrogens with zero attached hydrogens (tertiary/aromatic N) is 1. The lowest BCUT2D eigenvalue weighted by molar-refractivity contribution is 0.102. The zero-order valence-electron chi connectivity index (χ0n) is 13.3. The zero-order valence-corrected chi connectivity index (χ0v) is 14.1. The van der Waals surface area contributed by atoms with Crippen molar-refractivity contribution in [2.24, 2.45) is 0 Å². The number of rotatable bonds is 4. The first-order chi connectivity index (χ1) is 11.1. The first-order valence-electron chi connectivity index (χ1n) is 7.42. The van der Waals surface area contributed by atoms with Crippen molar-refractivity contribution in [1.82, 2.24) is 4.98 Å². The van der Waals surface area contributed by atoms with Crippen LogP contribution in [0.15, 0.2) is 42.5 Å². The van der Waals surface area contributed by atoms with Crippen LogP contribution in [0.5, 0.6) is 5.75 Å². The molecule has 0 radical (unpaired) electrons. The highest BCUT2D eigenvalue weighted by atomic mass is 32.1. The van der Waals surface area contributed by atoms with Crippen molar-refractivity contribution in [3.63, 3.8) is 0 Å². The van der Waals surface area contributed by atoms with Gasteiger partial charge in [-0.15, -0.1) is 0 Å². The summed E-state index contributed by atoms with van der Waals surface area (Å²) >= 11 is 1.43. The van der Waals surface area contributed by atoms with Crippen molar-refractivity contribution in [1.29, 1.82) is 0 Å². The summed E-state index contributed by atoms with van der Waals surface area (Å²) < 4.78 is 6.19. The average Bonchev–Trinajstić information content (AvgIpc) is 2.95. The molecular formula is C18H18N2O2S. The molecule has 2 aromatic carbocycles. The summed E-state index contributed by atoms with van der Waals surface area (Å²) in [7, 11) is 1.63. The summed E-state index contributed by atoms with van der Waals surface area (Å²) in [6, 6.07) is 13.3. The first kappa shape index (κ1) is 15.5. The molecule has 0 aliphatic carbocycles. The van der Waals surface area contributed by atoms with Crippen LogP contribution in [0.2, 0.25) is 0 Å². The second kappa shape index (κ2) is 6.38.